The van der Waals surface area contributed by atoms with E-state index in [2.05, 4.69) is 16.6 Å². The summed E-state index contributed by atoms with van der Waals surface area (Å²) in [5.41, 5.74) is 1.89. The van der Waals surface area contributed by atoms with Crippen molar-refractivity contribution in [3.63, 3.8) is 0 Å². The van der Waals surface area contributed by atoms with Gasteiger partial charge in [0.15, 0.2) is 0 Å². The van der Waals surface area contributed by atoms with Crippen LogP contribution in [0.4, 0.5) is 0 Å². The highest BCUT2D eigenvalue weighted by Gasteiger charge is 2.46. The Morgan fingerprint density at radius 1 is 1.22 bits per heavy atom. The van der Waals surface area contributed by atoms with Crippen molar-refractivity contribution < 1.29 is 14.1 Å². The Morgan fingerprint density at radius 3 is 2.59 bits per heavy atom. The number of nitrogens with zero attached hydrogens (tertiary/aromatic N) is 3. The Labute approximate surface area is 163 Å². The standard InChI is InChI=1S/C20H25N3O3S/c1-13-15(14(2)26-21-13)5-6-19(24)22-7-9-23(10-8-22)20(25)17-12-16(17)18-4-3-11-27-18/h3-4,11,16-17H,5-10,12H2,1-2H3. The molecule has 7 heteroatoms. The fourth-order valence-electron chi connectivity index (χ4n) is 3.94. The predicted octanol–water partition coefficient (Wildman–Crippen LogP) is 2.76. The number of rotatable bonds is 5. The van der Waals surface area contributed by atoms with Crippen LogP contribution in [0.3, 0.4) is 0 Å². The van der Waals surface area contributed by atoms with Gasteiger partial charge in [-0.3, -0.25) is 9.59 Å². The SMILES string of the molecule is Cc1noc(C)c1CCC(=O)N1CCN(C(=O)C2CC2c2cccs2)CC1. The van der Waals surface area contributed by atoms with Crippen LogP contribution in [0.5, 0.6) is 0 Å². The normalized spacial score (nSPS) is 22.1. The third kappa shape index (κ3) is 3.78. The summed E-state index contributed by atoms with van der Waals surface area (Å²) in [5, 5.41) is 6.01. The van der Waals surface area contributed by atoms with Gasteiger partial charge in [0.05, 0.1) is 5.69 Å². The molecule has 144 valence electrons. The van der Waals surface area contributed by atoms with Gasteiger partial charge in [0.2, 0.25) is 11.8 Å². The molecule has 6 nitrogen and oxygen atoms in total. The van der Waals surface area contributed by atoms with Crippen LogP contribution in [0.15, 0.2) is 22.0 Å². The van der Waals surface area contributed by atoms with Gasteiger partial charge in [-0.1, -0.05) is 11.2 Å². The minimum absolute atomic E-state index is 0.144. The Bertz CT molecular complexity index is 802. The average molecular weight is 388 g/mol. The third-order valence-corrected chi connectivity index (χ3v) is 6.73. The summed E-state index contributed by atoms with van der Waals surface area (Å²) in [4.78, 5) is 30.4. The van der Waals surface area contributed by atoms with Gasteiger partial charge in [0.1, 0.15) is 5.76 Å². The molecule has 2 aromatic heterocycles. The lowest BCUT2D eigenvalue weighted by molar-refractivity contribution is -0.140. The molecule has 0 bridgehead atoms. The first-order chi connectivity index (χ1) is 13.0. The first-order valence-electron chi connectivity index (χ1n) is 9.56. The van der Waals surface area contributed by atoms with E-state index in [1.54, 1.807) is 11.3 Å². The number of aromatic nitrogens is 1. The summed E-state index contributed by atoms with van der Waals surface area (Å²) in [7, 11) is 0. The number of aryl methyl sites for hydroxylation is 2. The van der Waals surface area contributed by atoms with Crippen LogP contribution in [0.1, 0.15) is 40.7 Å². The number of carbonyl (C=O) groups is 2. The topological polar surface area (TPSA) is 66.7 Å². The van der Waals surface area contributed by atoms with Crippen LogP contribution in [0, 0.1) is 19.8 Å². The van der Waals surface area contributed by atoms with Crippen molar-refractivity contribution in [3.05, 3.63) is 39.4 Å². The van der Waals surface area contributed by atoms with E-state index in [1.807, 2.05) is 29.7 Å². The van der Waals surface area contributed by atoms with Crippen molar-refractivity contribution >= 4 is 23.2 Å². The van der Waals surface area contributed by atoms with Crippen LogP contribution >= 0.6 is 11.3 Å². The second-order valence-corrected chi connectivity index (χ2v) is 8.45. The van der Waals surface area contributed by atoms with Crippen molar-refractivity contribution in [1.29, 1.82) is 0 Å². The molecule has 1 saturated heterocycles. The van der Waals surface area contributed by atoms with Gasteiger partial charge < -0.3 is 14.3 Å². The van der Waals surface area contributed by atoms with Gasteiger partial charge in [0.25, 0.3) is 0 Å². The lowest BCUT2D eigenvalue weighted by atomic mass is 10.1. The van der Waals surface area contributed by atoms with E-state index in [4.69, 9.17) is 4.52 Å². The highest BCUT2D eigenvalue weighted by molar-refractivity contribution is 7.10. The molecule has 2 aliphatic rings. The number of amides is 2. The van der Waals surface area contributed by atoms with Gasteiger partial charge in [0, 0.05) is 54.9 Å². The monoisotopic (exact) mass is 387 g/mol. The Kier molecular flexibility index (Phi) is 5.04. The molecule has 2 atom stereocenters. The van der Waals surface area contributed by atoms with Crippen molar-refractivity contribution in [2.45, 2.75) is 39.0 Å². The molecular weight excluding hydrogens is 362 g/mol. The van der Waals surface area contributed by atoms with Crippen LogP contribution in [0.2, 0.25) is 0 Å². The molecule has 0 spiro atoms. The van der Waals surface area contributed by atoms with E-state index < -0.39 is 0 Å². The zero-order chi connectivity index (χ0) is 19.0. The molecule has 0 N–H and O–H groups in total. The molecular formula is C20H25N3O3S. The summed E-state index contributed by atoms with van der Waals surface area (Å²) in [6.07, 6.45) is 2.08. The van der Waals surface area contributed by atoms with Crippen LogP contribution < -0.4 is 0 Å². The van der Waals surface area contributed by atoms with Crippen molar-refractivity contribution in [2.75, 3.05) is 26.2 Å². The maximum Gasteiger partial charge on any atom is 0.226 e. The largest absolute Gasteiger partial charge is 0.361 e. The molecule has 3 heterocycles. The lowest BCUT2D eigenvalue weighted by Gasteiger charge is -2.35. The van der Waals surface area contributed by atoms with Crippen LogP contribution in [0.25, 0.3) is 0 Å². The summed E-state index contributed by atoms with van der Waals surface area (Å²) >= 11 is 1.74. The van der Waals surface area contributed by atoms with E-state index in [0.717, 1.165) is 23.4 Å². The Morgan fingerprint density at radius 2 is 1.96 bits per heavy atom. The van der Waals surface area contributed by atoms with Gasteiger partial charge in [-0.15, -0.1) is 11.3 Å². The lowest BCUT2D eigenvalue weighted by Crippen LogP contribution is -2.51. The second-order valence-electron chi connectivity index (χ2n) is 7.47. The van der Waals surface area contributed by atoms with E-state index in [9.17, 15) is 9.59 Å². The van der Waals surface area contributed by atoms with Crippen LogP contribution in [-0.4, -0.2) is 52.9 Å². The fourth-order valence-corrected chi connectivity index (χ4v) is 4.85. The molecule has 4 rings (SSSR count). The van der Waals surface area contributed by atoms with Gasteiger partial charge in [-0.25, -0.2) is 0 Å². The third-order valence-electron chi connectivity index (χ3n) is 5.73. The number of hydrogen-bond donors (Lipinski definition) is 0. The summed E-state index contributed by atoms with van der Waals surface area (Å²) in [6, 6.07) is 4.17. The van der Waals surface area contributed by atoms with Crippen molar-refractivity contribution in [2.24, 2.45) is 5.92 Å². The molecule has 2 unspecified atom stereocenters. The van der Waals surface area contributed by atoms with E-state index in [0.29, 0.717) is 44.9 Å². The first kappa shape index (κ1) is 18.2. The maximum atomic E-state index is 12.7. The smallest absolute Gasteiger partial charge is 0.226 e. The van der Waals surface area contributed by atoms with Crippen molar-refractivity contribution in [3.8, 4) is 0 Å². The predicted molar refractivity (Wildman–Crippen MR) is 103 cm³/mol. The molecule has 0 aromatic carbocycles. The first-order valence-corrected chi connectivity index (χ1v) is 10.4. The van der Waals surface area contributed by atoms with Crippen LogP contribution in [-0.2, 0) is 16.0 Å². The molecule has 0 radical (unpaired) electrons. The summed E-state index contributed by atoms with van der Waals surface area (Å²) < 4.78 is 5.16. The average Bonchev–Trinajstić information content (AvgIpc) is 3.15. The number of carbonyl (C=O) groups excluding carboxylic acids is 2. The minimum Gasteiger partial charge on any atom is -0.361 e. The maximum absolute atomic E-state index is 12.7. The Balaban J connectivity index is 1.24. The van der Waals surface area contributed by atoms with Gasteiger partial charge in [-0.2, -0.15) is 0 Å². The second kappa shape index (κ2) is 7.46. The van der Waals surface area contributed by atoms with E-state index >= 15 is 0 Å². The Hall–Kier alpha value is -2.15. The zero-order valence-electron chi connectivity index (χ0n) is 15.8. The molecule has 1 aliphatic heterocycles. The number of thiophene rings is 1. The zero-order valence-corrected chi connectivity index (χ0v) is 16.6. The highest BCUT2D eigenvalue weighted by Crippen LogP contribution is 2.50. The highest BCUT2D eigenvalue weighted by atomic mass is 32.1. The van der Waals surface area contributed by atoms with Crippen molar-refractivity contribution in [1.82, 2.24) is 15.0 Å². The molecule has 1 aliphatic carbocycles. The molecule has 2 amide bonds. The number of hydrogen-bond acceptors (Lipinski definition) is 5. The number of piperazine rings is 1. The molecule has 2 fully saturated rings. The fraction of sp³-hybridized carbons (Fsp3) is 0.550. The minimum atomic E-state index is 0.144. The summed E-state index contributed by atoms with van der Waals surface area (Å²) in [5.74, 6) is 1.75. The van der Waals surface area contributed by atoms with Gasteiger partial charge in [-0.05, 0) is 38.1 Å². The van der Waals surface area contributed by atoms with E-state index in [1.165, 1.54) is 4.88 Å². The molecule has 27 heavy (non-hydrogen) atoms. The van der Waals surface area contributed by atoms with Gasteiger partial charge >= 0.3 is 0 Å². The molecule has 2 aromatic rings. The van der Waals surface area contributed by atoms with E-state index in [-0.39, 0.29) is 17.7 Å². The molecule has 1 saturated carbocycles. The quantitative estimate of drug-likeness (QED) is 0.791. The summed E-state index contributed by atoms with van der Waals surface area (Å²) in [6.45, 7) is 6.33.